The zero-order valence-corrected chi connectivity index (χ0v) is 10.4. The summed E-state index contributed by atoms with van der Waals surface area (Å²) < 4.78 is 0. The number of rotatable bonds is 5. The Labute approximate surface area is 106 Å². The van der Waals surface area contributed by atoms with E-state index in [-0.39, 0.29) is 12.1 Å². The number of aliphatic hydroxyl groups is 1. The summed E-state index contributed by atoms with van der Waals surface area (Å²) in [5, 5.41) is 13.4. The summed E-state index contributed by atoms with van der Waals surface area (Å²) in [6, 6.07) is 7.75. The number of anilines is 2. The second-order valence-electron chi connectivity index (χ2n) is 4.37. The van der Waals surface area contributed by atoms with Crippen molar-refractivity contribution in [2.24, 2.45) is 0 Å². The lowest BCUT2D eigenvalue weighted by atomic mass is 10.2. The Morgan fingerprint density at radius 1 is 1.33 bits per heavy atom. The number of benzene rings is 1. The average Bonchev–Trinajstić information content (AvgIpc) is 2.34. The third-order valence-electron chi connectivity index (χ3n) is 2.71. The minimum atomic E-state index is -0.265. The van der Waals surface area contributed by atoms with Crippen LogP contribution in [0.3, 0.4) is 0 Å². The van der Waals surface area contributed by atoms with Crippen LogP contribution < -0.4 is 11.1 Å². The lowest BCUT2D eigenvalue weighted by Gasteiger charge is -2.09. The highest BCUT2D eigenvalue weighted by Gasteiger charge is 2.05. The van der Waals surface area contributed by atoms with Crippen molar-refractivity contribution in [2.45, 2.75) is 25.9 Å². The van der Waals surface area contributed by atoms with E-state index in [4.69, 9.17) is 5.73 Å². The molecule has 0 amide bonds. The van der Waals surface area contributed by atoms with Crippen molar-refractivity contribution in [3.63, 3.8) is 0 Å². The number of nitrogens with zero attached hydrogens (tertiary/aromatic N) is 2. The first kappa shape index (κ1) is 12.6. The maximum atomic E-state index is 9.19. The first-order valence-corrected chi connectivity index (χ1v) is 6.11. The van der Waals surface area contributed by atoms with Crippen molar-refractivity contribution in [2.75, 3.05) is 17.6 Å². The summed E-state index contributed by atoms with van der Waals surface area (Å²) >= 11 is 0. The van der Waals surface area contributed by atoms with Crippen LogP contribution in [0.5, 0.6) is 0 Å². The number of fused-ring (bicyclic) bond motifs is 1. The Balaban J connectivity index is 2.12. The largest absolute Gasteiger partial charge is 0.393 e. The Morgan fingerprint density at radius 2 is 2.11 bits per heavy atom. The molecule has 0 fully saturated rings. The molecule has 0 aliphatic heterocycles. The van der Waals surface area contributed by atoms with Crippen molar-refractivity contribution in [1.82, 2.24) is 9.97 Å². The number of nitrogen functional groups attached to an aromatic ring is 1. The molecule has 1 aromatic heterocycles. The number of aliphatic hydroxyl groups excluding tert-OH is 1. The van der Waals surface area contributed by atoms with E-state index in [1.807, 2.05) is 24.3 Å². The summed E-state index contributed by atoms with van der Waals surface area (Å²) in [5.74, 6) is 1.02. The fraction of sp³-hybridized carbons (Fsp3) is 0.385. The predicted molar refractivity (Wildman–Crippen MR) is 73.4 cm³/mol. The minimum absolute atomic E-state index is 0.265. The zero-order valence-electron chi connectivity index (χ0n) is 10.4. The Kier molecular flexibility index (Phi) is 3.94. The summed E-state index contributed by atoms with van der Waals surface area (Å²) in [5.41, 5.74) is 6.51. The molecule has 1 heterocycles. The fourth-order valence-electron chi connectivity index (χ4n) is 1.83. The molecule has 2 rings (SSSR count). The standard InChI is InChI=1S/C13H18N4O/c1-9(18)5-4-8-15-12-10-6-2-3-7-11(10)16-13(14)17-12/h2-3,6-7,9,18H,4-5,8H2,1H3,(H3,14,15,16,17). The van der Waals surface area contributed by atoms with E-state index in [0.29, 0.717) is 0 Å². The topological polar surface area (TPSA) is 84.1 Å². The quantitative estimate of drug-likeness (QED) is 0.700. The van der Waals surface area contributed by atoms with Gasteiger partial charge in [0.1, 0.15) is 5.82 Å². The molecule has 0 aliphatic carbocycles. The molecule has 0 saturated heterocycles. The minimum Gasteiger partial charge on any atom is -0.393 e. The molecular formula is C13H18N4O. The molecule has 4 N–H and O–H groups in total. The molecule has 0 saturated carbocycles. The van der Waals surface area contributed by atoms with Gasteiger partial charge in [0.2, 0.25) is 5.95 Å². The van der Waals surface area contributed by atoms with Gasteiger partial charge in [0.25, 0.3) is 0 Å². The Bertz CT molecular complexity index is 527. The average molecular weight is 246 g/mol. The molecule has 5 nitrogen and oxygen atoms in total. The summed E-state index contributed by atoms with van der Waals surface area (Å²) in [6.07, 6.45) is 1.39. The van der Waals surface area contributed by atoms with E-state index in [9.17, 15) is 5.11 Å². The van der Waals surface area contributed by atoms with Crippen LogP contribution >= 0.6 is 0 Å². The van der Waals surface area contributed by atoms with E-state index in [1.165, 1.54) is 0 Å². The molecule has 0 aliphatic rings. The highest BCUT2D eigenvalue weighted by Crippen LogP contribution is 2.20. The number of nitrogens with two attached hydrogens (primary N) is 1. The first-order chi connectivity index (χ1) is 8.66. The van der Waals surface area contributed by atoms with E-state index >= 15 is 0 Å². The van der Waals surface area contributed by atoms with E-state index < -0.39 is 0 Å². The molecule has 1 unspecified atom stereocenters. The van der Waals surface area contributed by atoms with Gasteiger partial charge < -0.3 is 16.2 Å². The molecule has 0 radical (unpaired) electrons. The van der Waals surface area contributed by atoms with Crippen molar-refractivity contribution in [1.29, 1.82) is 0 Å². The zero-order chi connectivity index (χ0) is 13.0. The molecule has 5 heteroatoms. The van der Waals surface area contributed by atoms with Crippen LogP contribution in [0, 0.1) is 0 Å². The molecule has 96 valence electrons. The van der Waals surface area contributed by atoms with Gasteiger partial charge in [0.15, 0.2) is 0 Å². The van der Waals surface area contributed by atoms with Gasteiger partial charge >= 0.3 is 0 Å². The van der Waals surface area contributed by atoms with Gasteiger partial charge in [0.05, 0.1) is 11.6 Å². The summed E-state index contributed by atoms with van der Waals surface area (Å²) in [7, 11) is 0. The highest BCUT2D eigenvalue weighted by molar-refractivity contribution is 5.89. The van der Waals surface area contributed by atoms with Crippen LogP contribution in [0.4, 0.5) is 11.8 Å². The third-order valence-corrected chi connectivity index (χ3v) is 2.71. The van der Waals surface area contributed by atoms with Crippen LogP contribution in [-0.2, 0) is 0 Å². The molecule has 0 spiro atoms. The normalized spacial score (nSPS) is 12.6. The lowest BCUT2D eigenvalue weighted by Crippen LogP contribution is -2.09. The molecule has 0 bridgehead atoms. The third kappa shape index (κ3) is 3.07. The van der Waals surface area contributed by atoms with E-state index in [2.05, 4.69) is 15.3 Å². The molecule has 18 heavy (non-hydrogen) atoms. The summed E-state index contributed by atoms with van der Waals surface area (Å²) in [6.45, 7) is 2.55. The van der Waals surface area contributed by atoms with Crippen LogP contribution in [0.2, 0.25) is 0 Å². The van der Waals surface area contributed by atoms with Crippen LogP contribution in [0.25, 0.3) is 10.9 Å². The van der Waals surface area contributed by atoms with Gasteiger partial charge in [-0.3, -0.25) is 0 Å². The van der Waals surface area contributed by atoms with Gasteiger partial charge in [-0.25, -0.2) is 4.98 Å². The number of hydrogen-bond donors (Lipinski definition) is 3. The number of para-hydroxylation sites is 1. The molecule has 2 aromatic rings. The maximum absolute atomic E-state index is 9.19. The second kappa shape index (κ2) is 5.64. The van der Waals surface area contributed by atoms with Crippen LogP contribution in [-0.4, -0.2) is 27.7 Å². The van der Waals surface area contributed by atoms with Gasteiger partial charge in [-0.05, 0) is 31.9 Å². The van der Waals surface area contributed by atoms with Gasteiger partial charge in [-0.1, -0.05) is 12.1 Å². The Hall–Kier alpha value is -1.88. The van der Waals surface area contributed by atoms with Crippen molar-refractivity contribution >= 4 is 22.7 Å². The van der Waals surface area contributed by atoms with Crippen LogP contribution in [0.1, 0.15) is 19.8 Å². The fourth-order valence-corrected chi connectivity index (χ4v) is 1.83. The highest BCUT2D eigenvalue weighted by atomic mass is 16.3. The summed E-state index contributed by atoms with van der Waals surface area (Å²) in [4.78, 5) is 8.39. The smallest absolute Gasteiger partial charge is 0.222 e. The lowest BCUT2D eigenvalue weighted by molar-refractivity contribution is 0.183. The monoisotopic (exact) mass is 246 g/mol. The predicted octanol–water partition coefficient (Wildman–Crippen LogP) is 1.78. The van der Waals surface area contributed by atoms with Gasteiger partial charge in [-0.2, -0.15) is 4.98 Å². The first-order valence-electron chi connectivity index (χ1n) is 6.11. The molecular weight excluding hydrogens is 228 g/mol. The van der Waals surface area contributed by atoms with Crippen LogP contribution in [0.15, 0.2) is 24.3 Å². The Morgan fingerprint density at radius 3 is 2.89 bits per heavy atom. The SMILES string of the molecule is CC(O)CCCNc1nc(N)nc2ccccc12. The van der Waals surface area contributed by atoms with E-state index in [1.54, 1.807) is 6.92 Å². The number of nitrogens with one attached hydrogen (secondary N) is 1. The molecule has 1 atom stereocenters. The van der Waals surface area contributed by atoms with Gasteiger partial charge in [-0.15, -0.1) is 0 Å². The van der Waals surface area contributed by atoms with Crippen molar-refractivity contribution in [3.8, 4) is 0 Å². The van der Waals surface area contributed by atoms with Gasteiger partial charge in [0, 0.05) is 11.9 Å². The van der Waals surface area contributed by atoms with Crippen molar-refractivity contribution < 1.29 is 5.11 Å². The number of hydrogen-bond acceptors (Lipinski definition) is 5. The van der Waals surface area contributed by atoms with Crippen molar-refractivity contribution in [3.05, 3.63) is 24.3 Å². The number of aromatic nitrogens is 2. The second-order valence-corrected chi connectivity index (χ2v) is 4.37. The maximum Gasteiger partial charge on any atom is 0.222 e. The molecule has 1 aromatic carbocycles. The van der Waals surface area contributed by atoms with E-state index in [0.717, 1.165) is 36.1 Å².